The molecule has 19 heavy (non-hydrogen) atoms. The van der Waals surface area contributed by atoms with Gasteiger partial charge in [0, 0.05) is 32.7 Å². The average molecular weight is 290 g/mol. The molecule has 0 radical (unpaired) electrons. The van der Waals surface area contributed by atoms with Gasteiger partial charge >= 0.3 is 0 Å². The molecular formula is C13H26N2O3S. The molecule has 2 saturated heterocycles. The van der Waals surface area contributed by atoms with Crippen LogP contribution in [0.2, 0.25) is 0 Å². The van der Waals surface area contributed by atoms with E-state index in [1.165, 1.54) is 6.26 Å². The van der Waals surface area contributed by atoms with Crippen LogP contribution in [0.25, 0.3) is 0 Å². The molecule has 0 spiro atoms. The Balaban J connectivity index is 1.85. The summed E-state index contributed by atoms with van der Waals surface area (Å²) in [7, 11) is -3.02. The third-order valence-corrected chi connectivity index (χ3v) is 5.42. The van der Waals surface area contributed by atoms with Gasteiger partial charge in [-0.25, -0.2) is 12.7 Å². The summed E-state index contributed by atoms with van der Waals surface area (Å²) in [6.45, 7) is 7.31. The summed E-state index contributed by atoms with van der Waals surface area (Å²) in [5, 5.41) is 0. The van der Waals surface area contributed by atoms with Crippen LogP contribution in [0.1, 0.15) is 26.2 Å². The molecule has 2 aliphatic heterocycles. The molecular weight excluding hydrogens is 264 g/mol. The highest BCUT2D eigenvalue weighted by atomic mass is 32.2. The zero-order valence-corrected chi connectivity index (χ0v) is 12.9. The van der Waals surface area contributed by atoms with E-state index in [1.807, 2.05) is 0 Å². The zero-order chi connectivity index (χ0) is 13.9. The second-order valence-electron chi connectivity index (χ2n) is 5.79. The summed E-state index contributed by atoms with van der Waals surface area (Å²) in [4.78, 5) is 2.44. The van der Waals surface area contributed by atoms with Gasteiger partial charge in [0.05, 0.1) is 19.0 Å². The molecule has 2 heterocycles. The first-order valence-electron chi connectivity index (χ1n) is 7.28. The average Bonchev–Trinajstić information content (AvgIpc) is 2.38. The predicted molar refractivity (Wildman–Crippen MR) is 75.6 cm³/mol. The molecule has 0 aliphatic carbocycles. The van der Waals surface area contributed by atoms with Crippen molar-refractivity contribution in [3.63, 3.8) is 0 Å². The molecule has 0 bridgehead atoms. The number of hydrogen-bond acceptors (Lipinski definition) is 4. The Bertz CT molecular complexity index is 385. The van der Waals surface area contributed by atoms with E-state index in [-0.39, 0.29) is 0 Å². The van der Waals surface area contributed by atoms with Gasteiger partial charge in [0.25, 0.3) is 0 Å². The summed E-state index contributed by atoms with van der Waals surface area (Å²) in [6.07, 6.45) is 4.84. The quantitative estimate of drug-likeness (QED) is 0.767. The summed E-state index contributed by atoms with van der Waals surface area (Å²) in [5.41, 5.74) is 0. The first kappa shape index (κ1) is 15.2. The molecule has 2 fully saturated rings. The number of piperidine rings is 1. The maximum Gasteiger partial charge on any atom is 0.211 e. The Hall–Kier alpha value is -0.170. The van der Waals surface area contributed by atoms with Crippen LogP contribution in [0.15, 0.2) is 0 Å². The Morgan fingerprint density at radius 1 is 1.26 bits per heavy atom. The van der Waals surface area contributed by atoms with E-state index in [4.69, 9.17) is 4.74 Å². The fraction of sp³-hybridized carbons (Fsp3) is 1.00. The van der Waals surface area contributed by atoms with Crippen molar-refractivity contribution in [2.45, 2.75) is 32.3 Å². The molecule has 2 aliphatic rings. The van der Waals surface area contributed by atoms with Gasteiger partial charge in [-0.2, -0.15) is 0 Å². The topological polar surface area (TPSA) is 49.9 Å². The van der Waals surface area contributed by atoms with Crippen molar-refractivity contribution in [1.82, 2.24) is 9.21 Å². The maximum absolute atomic E-state index is 11.6. The molecule has 2 rings (SSSR count). The standard InChI is InChI=1S/C13H26N2O3S/c1-3-13-11-14(7-8-18-13)9-12-5-4-6-15(10-12)19(2,16)17/h12-13H,3-11H2,1-2H3. The fourth-order valence-corrected chi connectivity index (χ4v) is 3.98. The van der Waals surface area contributed by atoms with E-state index in [0.29, 0.717) is 25.1 Å². The largest absolute Gasteiger partial charge is 0.376 e. The molecule has 0 amide bonds. The SMILES string of the molecule is CCC1CN(CC2CCCN(S(C)(=O)=O)C2)CCO1. The van der Waals surface area contributed by atoms with E-state index in [9.17, 15) is 8.42 Å². The number of ether oxygens (including phenoxy) is 1. The molecule has 0 aromatic rings. The van der Waals surface area contributed by atoms with E-state index >= 15 is 0 Å². The zero-order valence-electron chi connectivity index (χ0n) is 12.0. The van der Waals surface area contributed by atoms with Gasteiger partial charge in [-0.1, -0.05) is 6.92 Å². The lowest BCUT2D eigenvalue weighted by Gasteiger charge is -2.37. The van der Waals surface area contributed by atoms with Crippen LogP contribution in [0.5, 0.6) is 0 Å². The molecule has 0 aromatic carbocycles. The Morgan fingerprint density at radius 2 is 2.05 bits per heavy atom. The van der Waals surface area contributed by atoms with Crippen LogP contribution in [0, 0.1) is 5.92 Å². The van der Waals surface area contributed by atoms with E-state index < -0.39 is 10.0 Å². The highest BCUT2D eigenvalue weighted by Gasteiger charge is 2.28. The summed E-state index contributed by atoms with van der Waals surface area (Å²) >= 11 is 0. The smallest absolute Gasteiger partial charge is 0.211 e. The third-order valence-electron chi connectivity index (χ3n) is 4.15. The molecule has 6 heteroatoms. The number of rotatable bonds is 4. The maximum atomic E-state index is 11.6. The van der Waals surface area contributed by atoms with Crippen molar-refractivity contribution in [1.29, 1.82) is 0 Å². The number of hydrogen-bond donors (Lipinski definition) is 0. The van der Waals surface area contributed by atoms with E-state index in [1.54, 1.807) is 4.31 Å². The predicted octanol–water partition coefficient (Wildman–Crippen LogP) is 0.769. The molecule has 0 N–H and O–H groups in total. The van der Waals surface area contributed by atoms with E-state index in [2.05, 4.69) is 11.8 Å². The molecule has 0 saturated carbocycles. The van der Waals surface area contributed by atoms with Crippen LogP contribution >= 0.6 is 0 Å². The van der Waals surface area contributed by atoms with Gasteiger partial charge in [-0.15, -0.1) is 0 Å². The highest BCUT2D eigenvalue weighted by molar-refractivity contribution is 7.88. The van der Waals surface area contributed by atoms with Crippen LogP contribution in [-0.4, -0.2) is 69.3 Å². The molecule has 2 unspecified atom stereocenters. The van der Waals surface area contributed by atoms with E-state index in [0.717, 1.165) is 45.5 Å². The normalized spacial score (nSPS) is 31.5. The number of sulfonamides is 1. The van der Waals surface area contributed by atoms with Gasteiger partial charge in [0.15, 0.2) is 0 Å². The van der Waals surface area contributed by atoms with Gasteiger partial charge in [-0.3, -0.25) is 4.90 Å². The molecule has 2 atom stereocenters. The van der Waals surface area contributed by atoms with Crippen molar-refractivity contribution in [3.05, 3.63) is 0 Å². The first-order valence-corrected chi connectivity index (χ1v) is 9.13. The van der Waals surface area contributed by atoms with Crippen LogP contribution in [0.3, 0.4) is 0 Å². The lowest BCUT2D eigenvalue weighted by Crippen LogP contribution is -2.48. The minimum absolute atomic E-state index is 0.350. The molecule has 0 aromatic heterocycles. The Morgan fingerprint density at radius 3 is 2.74 bits per heavy atom. The minimum atomic E-state index is -3.02. The van der Waals surface area contributed by atoms with Gasteiger partial charge in [0.2, 0.25) is 10.0 Å². The summed E-state index contributed by atoms with van der Waals surface area (Å²) in [6, 6.07) is 0. The lowest BCUT2D eigenvalue weighted by molar-refractivity contribution is -0.0359. The second kappa shape index (κ2) is 6.52. The van der Waals surface area contributed by atoms with Crippen molar-refractivity contribution in [2.75, 3.05) is 45.6 Å². The third kappa shape index (κ3) is 4.41. The molecule has 5 nitrogen and oxygen atoms in total. The fourth-order valence-electron chi connectivity index (χ4n) is 3.04. The van der Waals surface area contributed by atoms with Crippen LogP contribution < -0.4 is 0 Å². The minimum Gasteiger partial charge on any atom is -0.376 e. The second-order valence-corrected chi connectivity index (χ2v) is 7.77. The highest BCUT2D eigenvalue weighted by Crippen LogP contribution is 2.21. The molecule has 112 valence electrons. The van der Waals surface area contributed by atoms with Gasteiger partial charge < -0.3 is 4.74 Å². The summed E-state index contributed by atoms with van der Waals surface area (Å²) in [5.74, 6) is 0.471. The number of morpholine rings is 1. The van der Waals surface area contributed by atoms with Crippen molar-refractivity contribution in [3.8, 4) is 0 Å². The van der Waals surface area contributed by atoms with Gasteiger partial charge in [-0.05, 0) is 25.2 Å². The number of nitrogens with zero attached hydrogens (tertiary/aromatic N) is 2. The first-order chi connectivity index (χ1) is 8.99. The van der Waals surface area contributed by atoms with Crippen molar-refractivity contribution in [2.24, 2.45) is 5.92 Å². The monoisotopic (exact) mass is 290 g/mol. The van der Waals surface area contributed by atoms with Crippen molar-refractivity contribution >= 4 is 10.0 Å². The van der Waals surface area contributed by atoms with Crippen LogP contribution in [0.4, 0.5) is 0 Å². The Labute approximate surface area is 117 Å². The lowest BCUT2D eigenvalue weighted by atomic mass is 9.98. The van der Waals surface area contributed by atoms with Crippen molar-refractivity contribution < 1.29 is 13.2 Å². The summed E-state index contributed by atoms with van der Waals surface area (Å²) < 4.78 is 30.5. The Kier molecular flexibility index (Phi) is 5.22. The van der Waals surface area contributed by atoms with Gasteiger partial charge in [0.1, 0.15) is 0 Å². The van der Waals surface area contributed by atoms with Crippen LogP contribution in [-0.2, 0) is 14.8 Å².